The van der Waals surface area contributed by atoms with Gasteiger partial charge in [-0.05, 0) is 19.3 Å². The number of hydrogen-bond acceptors (Lipinski definition) is 3. The Morgan fingerprint density at radius 3 is 2.68 bits per heavy atom. The highest BCUT2D eigenvalue weighted by Gasteiger charge is 2.31. The molecule has 0 radical (unpaired) electrons. The number of hydrogen-bond donors (Lipinski definition) is 2. The number of rotatable bonds is 8. The normalized spacial score (nSPS) is 19.9. The Morgan fingerprint density at radius 2 is 2.00 bits per heavy atom. The summed E-state index contributed by atoms with van der Waals surface area (Å²) in [6, 6.07) is -0.197. The predicted octanol–water partition coefficient (Wildman–Crippen LogP) is 2.47. The average molecular weight is 269 g/mol. The number of nitrogens with two attached hydrogens (primary N) is 1. The lowest BCUT2D eigenvalue weighted by Crippen LogP contribution is -2.43. The van der Waals surface area contributed by atoms with E-state index in [0.717, 1.165) is 32.2 Å². The van der Waals surface area contributed by atoms with Crippen LogP contribution in [-0.2, 0) is 4.79 Å². The van der Waals surface area contributed by atoms with E-state index in [0.29, 0.717) is 6.42 Å². The fourth-order valence-electron chi connectivity index (χ4n) is 2.64. The maximum absolute atomic E-state index is 12.1. The minimum atomic E-state index is -0.197. The summed E-state index contributed by atoms with van der Waals surface area (Å²) >= 11 is 0. The summed E-state index contributed by atoms with van der Waals surface area (Å²) in [6.07, 6.45) is 9.39. The van der Waals surface area contributed by atoms with Crippen molar-refractivity contribution >= 4 is 11.7 Å². The summed E-state index contributed by atoms with van der Waals surface area (Å²) in [7, 11) is 0. The molecule has 0 aromatic heterocycles. The molecule has 1 amide bonds. The van der Waals surface area contributed by atoms with Gasteiger partial charge in [0.25, 0.3) is 0 Å². The summed E-state index contributed by atoms with van der Waals surface area (Å²) in [5.41, 5.74) is 5.62. The lowest BCUT2D eigenvalue weighted by atomic mass is 10.1. The molecule has 0 aliphatic carbocycles. The second-order valence-electron chi connectivity index (χ2n) is 5.29. The van der Waals surface area contributed by atoms with Gasteiger partial charge in [-0.1, -0.05) is 44.2 Å². The van der Waals surface area contributed by atoms with Crippen molar-refractivity contribution in [1.82, 2.24) is 4.90 Å². The standard InChI is InChI=1S/C14H27N3O2/c1-2-3-4-5-6-7-10-13(18)17-11-8-9-12(17)14(15)16-19/h12,19H,2-11H2,1H3,(H2,15,16). The Balaban J connectivity index is 2.25. The van der Waals surface area contributed by atoms with Crippen LogP contribution in [0.5, 0.6) is 0 Å². The van der Waals surface area contributed by atoms with Crippen LogP contribution in [0.2, 0.25) is 0 Å². The highest BCUT2D eigenvalue weighted by Crippen LogP contribution is 2.19. The molecule has 1 aliphatic heterocycles. The van der Waals surface area contributed by atoms with Crippen molar-refractivity contribution in [3.8, 4) is 0 Å². The van der Waals surface area contributed by atoms with Crippen molar-refractivity contribution in [2.45, 2.75) is 70.8 Å². The number of amides is 1. The van der Waals surface area contributed by atoms with Crippen LogP contribution in [-0.4, -0.2) is 34.4 Å². The molecule has 1 heterocycles. The smallest absolute Gasteiger partial charge is 0.223 e. The third-order valence-electron chi connectivity index (χ3n) is 3.77. The van der Waals surface area contributed by atoms with Gasteiger partial charge in [0.2, 0.25) is 5.91 Å². The predicted molar refractivity (Wildman–Crippen MR) is 76.1 cm³/mol. The highest BCUT2D eigenvalue weighted by atomic mass is 16.4. The van der Waals surface area contributed by atoms with Crippen molar-refractivity contribution < 1.29 is 10.0 Å². The van der Waals surface area contributed by atoms with E-state index < -0.39 is 0 Å². The van der Waals surface area contributed by atoms with E-state index in [9.17, 15) is 4.79 Å². The first-order chi connectivity index (χ1) is 9.20. The van der Waals surface area contributed by atoms with Crippen molar-refractivity contribution in [3.05, 3.63) is 0 Å². The molecule has 0 saturated carbocycles. The molecule has 1 fully saturated rings. The van der Waals surface area contributed by atoms with Crippen molar-refractivity contribution in [2.75, 3.05) is 6.54 Å². The third-order valence-corrected chi connectivity index (χ3v) is 3.77. The molecule has 1 saturated heterocycles. The lowest BCUT2D eigenvalue weighted by Gasteiger charge is -2.23. The molecule has 5 heteroatoms. The molecule has 1 aliphatic rings. The van der Waals surface area contributed by atoms with E-state index in [2.05, 4.69) is 12.1 Å². The molecule has 1 atom stereocenters. The lowest BCUT2D eigenvalue weighted by molar-refractivity contribution is -0.131. The molecule has 0 aromatic rings. The van der Waals surface area contributed by atoms with E-state index in [1.54, 1.807) is 4.90 Å². The molecule has 1 unspecified atom stereocenters. The Hall–Kier alpha value is -1.26. The van der Waals surface area contributed by atoms with E-state index >= 15 is 0 Å². The van der Waals surface area contributed by atoms with Gasteiger partial charge < -0.3 is 15.8 Å². The summed E-state index contributed by atoms with van der Waals surface area (Å²) < 4.78 is 0. The molecule has 1 rings (SSSR count). The zero-order chi connectivity index (χ0) is 14.1. The van der Waals surface area contributed by atoms with Gasteiger partial charge in [0, 0.05) is 13.0 Å². The van der Waals surface area contributed by atoms with E-state index in [1.165, 1.54) is 25.7 Å². The number of amidine groups is 1. The Labute approximate surface area is 115 Å². The van der Waals surface area contributed by atoms with Gasteiger partial charge in [-0.3, -0.25) is 4.79 Å². The fraction of sp³-hybridized carbons (Fsp3) is 0.857. The van der Waals surface area contributed by atoms with Gasteiger partial charge in [-0.25, -0.2) is 0 Å². The quantitative estimate of drug-likeness (QED) is 0.233. The number of carbonyl (C=O) groups is 1. The van der Waals surface area contributed by atoms with Crippen LogP contribution < -0.4 is 5.73 Å². The number of oxime groups is 1. The van der Waals surface area contributed by atoms with Crippen LogP contribution >= 0.6 is 0 Å². The SMILES string of the molecule is CCCCCCCCC(=O)N1CCCC1C(N)=NO. The molecule has 19 heavy (non-hydrogen) atoms. The summed E-state index contributed by atoms with van der Waals surface area (Å²) in [5, 5.41) is 11.8. The van der Waals surface area contributed by atoms with Crippen LogP contribution in [0.15, 0.2) is 5.16 Å². The molecule has 0 bridgehead atoms. The summed E-state index contributed by atoms with van der Waals surface area (Å²) in [6.45, 7) is 2.93. The zero-order valence-electron chi connectivity index (χ0n) is 12.0. The second-order valence-corrected chi connectivity index (χ2v) is 5.29. The molecule has 3 N–H and O–H groups in total. The van der Waals surface area contributed by atoms with Gasteiger partial charge in [0.1, 0.15) is 0 Å². The topological polar surface area (TPSA) is 78.9 Å². The highest BCUT2D eigenvalue weighted by molar-refractivity contribution is 5.90. The monoisotopic (exact) mass is 269 g/mol. The summed E-state index contributed by atoms with van der Waals surface area (Å²) in [5.74, 6) is 0.304. The van der Waals surface area contributed by atoms with Crippen LogP contribution in [0.25, 0.3) is 0 Å². The van der Waals surface area contributed by atoms with Crippen LogP contribution in [0.3, 0.4) is 0 Å². The molecule has 5 nitrogen and oxygen atoms in total. The first kappa shape index (κ1) is 15.8. The minimum absolute atomic E-state index is 0.143. The maximum atomic E-state index is 12.1. The largest absolute Gasteiger partial charge is 0.409 e. The number of carbonyl (C=O) groups excluding carboxylic acids is 1. The van der Waals surface area contributed by atoms with Crippen LogP contribution in [0.1, 0.15) is 64.7 Å². The van der Waals surface area contributed by atoms with E-state index in [1.807, 2.05) is 0 Å². The fourth-order valence-corrected chi connectivity index (χ4v) is 2.64. The van der Waals surface area contributed by atoms with Gasteiger partial charge in [-0.15, -0.1) is 0 Å². The van der Waals surface area contributed by atoms with E-state index in [-0.39, 0.29) is 17.8 Å². The van der Waals surface area contributed by atoms with Crippen LogP contribution in [0, 0.1) is 0 Å². The van der Waals surface area contributed by atoms with Crippen molar-refractivity contribution in [2.24, 2.45) is 10.9 Å². The second kappa shape index (κ2) is 8.77. The van der Waals surface area contributed by atoms with Crippen molar-refractivity contribution in [1.29, 1.82) is 0 Å². The minimum Gasteiger partial charge on any atom is -0.409 e. The number of likely N-dealkylation sites (tertiary alicyclic amines) is 1. The zero-order valence-corrected chi connectivity index (χ0v) is 12.0. The van der Waals surface area contributed by atoms with Gasteiger partial charge in [0.15, 0.2) is 5.84 Å². The first-order valence-corrected chi connectivity index (χ1v) is 7.47. The summed E-state index contributed by atoms with van der Waals surface area (Å²) in [4.78, 5) is 13.9. The number of unbranched alkanes of at least 4 members (excludes halogenated alkanes) is 5. The van der Waals surface area contributed by atoms with Gasteiger partial charge in [-0.2, -0.15) is 0 Å². The first-order valence-electron chi connectivity index (χ1n) is 7.47. The molecule has 110 valence electrons. The van der Waals surface area contributed by atoms with Gasteiger partial charge in [0.05, 0.1) is 6.04 Å². The molecule has 0 spiro atoms. The Bertz CT molecular complexity index is 305. The molecule has 0 aromatic carbocycles. The molecular formula is C14H27N3O2. The van der Waals surface area contributed by atoms with Crippen LogP contribution in [0.4, 0.5) is 0 Å². The Morgan fingerprint density at radius 1 is 1.32 bits per heavy atom. The maximum Gasteiger partial charge on any atom is 0.223 e. The van der Waals surface area contributed by atoms with Gasteiger partial charge >= 0.3 is 0 Å². The van der Waals surface area contributed by atoms with E-state index in [4.69, 9.17) is 10.9 Å². The third kappa shape index (κ3) is 5.09. The number of nitrogens with zero attached hydrogens (tertiary/aromatic N) is 2. The molecular weight excluding hydrogens is 242 g/mol. The van der Waals surface area contributed by atoms with Crippen molar-refractivity contribution in [3.63, 3.8) is 0 Å². The Kier molecular flexibility index (Phi) is 7.30. The average Bonchev–Trinajstić information content (AvgIpc) is 2.91.